The van der Waals surface area contributed by atoms with Gasteiger partial charge < -0.3 is 11.1 Å². The normalized spacial score (nSPS) is 12.4. The highest BCUT2D eigenvalue weighted by atomic mass is 16.2. The Morgan fingerprint density at radius 2 is 1.94 bits per heavy atom. The maximum absolute atomic E-state index is 11.4. The summed E-state index contributed by atoms with van der Waals surface area (Å²) in [7, 11) is 1.60. The van der Waals surface area contributed by atoms with Crippen LogP contribution in [0.5, 0.6) is 0 Å². The van der Waals surface area contributed by atoms with Crippen LogP contribution >= 0.6 is 0 Å². The Balaban J connectivity index is 2.33. The number of hydrogen-bond acceptors (Lipinski definition) is 2. The highest BCUT2D eigenvalue weighted by Gasteiger charge is 2.13. The van der Waals surface area contributed by atoms with Gasteiger partial charge in [-0.15, -0.1) is 0 Å². The number of rotatable bonds is 3. The predicted molar refractivity (Wildman–Crippen MR) is 69.7 cm³/mol. The number of carbonyl (C=O) groups is 1. The van der Waals surface area contributed by atoms with Crippen LogP contribution < -0.4 is 11.1 Å². The van der Waals surface area contributed by atoms with E-state index in [4.69, 9.17) is 5.73 Å². The molecule has 2 aromatic carbocycles. The topological polar surface area (TPSA) is 55.1 Å². The van der Waals surface area contributed by atoms with Crippen molar-refractivity contribution in [1.29, 1.82) is 0 Å². The van der Waals surface area contributed by atoms with Crippen LogP contribution in [0.15, 0.2) is 42.5 Å². The highest BCUT2D eigenvalue weighted by Crippen LogP contribution is 2.19. The minimum absolute atomic E-state index is 0.127. The fourth-order valence-corrected chi connectivity index (χ4v) is 1.99. The van der Waals surface area contributed by atoms with Crippen molar-refractivity contribution >= 4 is 16.7 Å². The smallest absolute Gasteiger partial charge is 0.237 e. The molecule has 17 heavy (non-hydrogen) atoms. The summed E-state index contributed by atoms with van der Waals surface area (Å²) in [6, 6.07) is 13.7. The highest BCUT2D eigenvalue weighted by molar-refractivity contribution is 5.87. The van der Waals surface area contributed by atoms with Gasteiger partial charge in [-0.1, -0.05) is 42.5 Å². The molecule has 0 aliphatic carbocycles. The van der Waals surface area contributed by atoms with Gasteiger partial charge in [-0.3, -0.25) is 4.79 Å². The van der Waals surface area contributed by atoms with E-state index in [2.05, 4.69) is 23.5 Å². The van der Waals surface area contributed by atoms with Crippen LogP contribution in [0.25, 0.3) is 10.8 Å². The standard InChI is InChI=1S/C14H16N2O/c1-16-14(17)13(15)9-11-7-4-6-10-5-2-3-8-12(10)11/h2-8,13H,9,15H2,1H3,(H,16,17). The summed E-state index contributed by atoms with van der Waals surface area (Å²) < 4.78 is 0. The van der Waals surface area contributed by atoms with E-state index in [-0.39, 0.29) is 5.91 Å². The van der Waals surface area contributed by atoms with Crippen LogP contribution in [0.1, 0.15) is 5.56 Å². The van der Waals surface area contributed by atoms with Crippen LogP contribution in [-0.4, -0.2) is 19.0 Å². The minimum atomic E-state index is -0.495. The van der Waals surface area contributed by atoms with Crippen LogP contribution in [0.3, 0.4) is 0 Å². The maximum atomic E-state index is 11.4. The Morgan fingerprint density at radius 1 is 1.24 bits per heavy atom. The van der Waals surface area contributed by atoms with E-state index >= 15 is 0 Å². The second kappa shape index (κ2) is 4.97. The molecule has 0 aliphatic heterocycles. The molecule has 0 radical (unpaired) electrons. The third-order valence-corrected chi connectivity index (χ3v) is 2.90. The number of hydrogen-bond donors (Lipinski definition) is 2. The fraction of sp³-hybridized carbons (Fsp3) is 0.214. The zero-order valence-corrected chi connectivity index (χ0v) is 9.81. The lowest BCUT2D eigenvalue weighted by molar-refractivity contribution is -0.121. The number of amides is 1. The molecule has 2 rings (SSSR count). The Bertz CT molecular complexity index is 531. The van der Waals surface area contributed by atoms with Crippen molar-refractivity contribution < 1.29 is 4.79 Å². The average Bonchev–Trinajstić information content (AvgIpc) is 2.38. The number of benzene rings is 2. The van der Waals surface area contributed by atoms with Crippen molar-refractivity contribution in [2.75, 3.05) is 7.05 Å². The molecule has 0 fully saturated rings. The number of nitrogens with two attached hydrogens (primary N) is 1. The van der Waals surface area contributed by atoms with Gasteiger partial charge in [0.1, 0.15) is 0 Å². The van der Waals surface area contributed by atoms with Gasteiger partial charge in [0.2, 0.25) is 5.91 Å². The largest absolute Gasteiger partial charge is 0.358 e. The number of likely N-dealkylation sites (N-methyl/N-ethyl adjacent to an activating group) is 1. The summed E-state index contributed by atoms with van der Waals surface area (Å²) in [6.45, 7) is 0. The first-order chi connectivity index (χ1) is 8.22. The molecule has 0 bridgehead atoms. The van der Waals surface area contributed by atoms with E-state index in [9.17, 15) is 4.79 Å². The fourth-order valence-electron chi connectivity index (χ4n) is 1.99. The van der Waals surface area contributed by atoms with Gasteiger partial charge in [0.25, 0.3) is 0 Å². The molecule has 0 saturated heterocycles. The van der Waals surface area contributed by atoms with Crippen molar-refractivity contribution in [1.82, 2.24) is 5.32 Å². The SMILES string of the molecule is CNC(=O)C(N)Cc1cccc2ccccc12. The zero-order chi connectivity index (χ0) is 12.3. The molecule has 1 amide bonds. The molecule has 0 heterocycles. The first-order valence-corrected chi connectivity index (χ1v) is 5.66. The van der Waals surface area contributed by atoms with Crippen LogP contribution in [-0.2, 0) is 11.2 Å². The molecule has 3 heteroatoms. The van der Waals surface area contributed by atoms with Crippen molar-refractivity contribution in [2.45, 2.75) is 12.5 Å². The quantitative estimate of drug-likeness (QED) is 0.835. The van der Waals surface area contributed by atoms with Crippen LogP contribution in [0.2, 0.25) is 0 Å². The first-order valence-electron chi connectivity index (χ1n) is 5.66. The molecule has 88 valence electrons. The van der Waals surface area contributed by atoms with E-state index in [0.29, 0.717) is 6.42 Å². The third kappa shape index (κ3) is 2.45. The lowest BCUT2D eigenvalue weighted by atomic mass is 9.99. The molecule has 3 N–H and O–H groups in total. The van der Waals surface area contributed by atoms with Crippen molar-refractivity contribution in [3.63, 3.8) is 0 Å². The Morgan fingerprint density at radius 3 is 2.71 bits per heavy atom. The Kier molecular flexibility index (Phi) is 3.40. The average molecular weight is 228 g/mol. The molecule has 3 nitrogen and oxygen atoms in total. The minimum Gasteiger partial charge on any atom is -0.358 e. The summed E-state index contributed by atoms with van der Waals surface area (Å²) in [6.07, 6.45) is 0.557. The lowest BCUT2D eigenvalue weighted by Gasteiger charge is -2.12. The molecule has 0 spiro atoms. The summed E-state index contributed by atoms with van der Waals surface area (Å²) >= 11 is 0. The number of carbonyl (C=O) groups excluding carboxylic acids is 1. The summed E-state index contributed by atoms with van der Waals surface area (Å²) in [5, 5.41) is 4.91. The maximum Gasteiger partial charge on any atom is 0.237 e. The Labute approximate surface area is 101 Å². The third-order valence-electron chi connectivity index (χ3n) is 2.90. The number of fused-ring (bicyclic) bond motifs is 1. The van der Waals surface area contributed by atoms with Crippen molar-refractivity contribution in [3.05, 3.63) is 48.0 Å². The van der Waals surface area contributed by atoms with Gasteiger partial charge >= 0.3 is 0 Å². The van der Waals surface area contributed by atoms with E-state index in [1.54, 1.807) is 7.05 Å². The predicted octanol–water partition coefficient (Wildman–Crippen LogP) is 1.46. The molecule has 0 aliphatic rings. The van der Waals surface area contributed by atoms with Crippen LogP contribution in [0, 0.1) is 0 Å². The van der Waals surface area contributed by atoms with Crippen LogP contribution in [0.4, 0.5) is 0 Å². The van der Waals surface area contributed by atoms with Gasteiger partial charge in [0, 0.05) is 7.05 Å². The van der Waals surface area contributed by atoms with E-state index in [0.717, 1.165) is 10.9 Å². The molecule has 0 saturated carbocycles. The van der Waals surface area contributed by atoms with Gasteiger partial charge in [-0.05, 0) is 22.8 Å². The van der Waals surface area contributed by atoms with Gasteiger partial charge in [0.15, 0.2) is 0 Å². The first kappa shape index (κ1) is 11.6. The van der Waals surface area contributed by atoms with Gasteiger partial charge in [0.05, 0.1) is 6.04 Å². The molecule has 1 atom stereocenters. The summed E-state index contributed by atoms with van der Waals surface area (Å²) in [5.41, 5.74) is 6.95. The summed E-state index contributed by atoms with van der Waals surface area (Å²) in [5.74, 6) is -0.127. The van der Waals surface area contributed by atoms with Gasteiger partial charge in [-0.25, -0.2) is 0 Å². The molecule has 2 aromatic rings. The van der Waals surface area contributed by atoms with E-state index < -0.39 is 6.04 Å². The zero-order valence-electron chi connectivity index (χ0n) is 9.81. The molecular formula is C14H16N2O. The van der Waals surface area contributed by atoms with Crippen molar-refractivity contribution in [3.8, 4) is 0 Å². The molecule has 1 unspecified atom stereocenters. The van der Waals surface area contributed by atoms with Crippen molar-refractivity contribution in [2.24, 2.45) is 5.73 Å². The lowest BCUT2D eigenvalue weighted by Crippen LogP contribution is -2.40. The second-order valence-corrected chi connectivity index (χ2v) is 4.06. The monoisotopic (exact) mass is 228 g/mol. The second-order valence-electron chi connectivity index (χ2n) is 4.06. The molecule has 0 aromatic heterocycles. The summed E-state index contributed by atoms with van der Waals surface area (Å²) in [4.78, 5) is 11.4. The van der Waals surface area contributed by atoms with E-state index in [1.165, 1.54) is 5.39 Å². The number of nitrogens with one attached hydrogen (secondary N) is 1. The Hall–Kier alpha value is -1.87. The van der Waals surface area contributed by atoms with Gasteiger partial charge in [-0.2, -0.15) is 0 Å². The van der Waals surface area contributed by atoms with E-state index in [1.807, 2.05) is 24.3 Å². The molecular weight excluding hydrogens is 212 g/mol.